The minimum Gasteiger partial charge on any atom is -0.484 e. The average molecular weight is 372 g/mol. The van der Waals surface area contributed by atoms with Crippen LogP contribution in [0.2, 0.25) is 0 Å². The van der Waals surface area contributed by atoms with Gasteiger partial charge >= 0.3 is 0 Å². The lowest BCUT2D eigenvalue weighted by Gasteiger charge is -2.33. The molecular formula is C20H21FN2O4. The van der Waals surface area contributed by atoms with Crippen LogP contribution in [0.1, 0.15) is 11.7 Å². The number of benzene rings is 2. The van der Waals surface area contributed by atoms with Crippen LogP contribution in [0, 0.1) is 5.82 Å². The lowest BCUT2D eigenvalue weighted by Crippen LogP contribution is -2.47. The first-order chi connectivity index (χ1) is 13.1. The molecule has 0 saturated carbocycles. The number of carbonyl (C=O) groups excluding carboxylic acids is 2. The van der Waals surface area contributed by atoms with E-state index in [1.165, 1.54) is 24.3 Å². The van der Waals surface area contributed by atoms with Crippen molar-refractivity contribution in [3.05, 3.63) is 66.0 Å². The number of nitrogens with one attached hydrogen (secondary N) is 1. The van der Waals surface area contributed by atoms with Gasteiger partial charge < -0.3 is 19.7 Å². The zero-order valence-corrected chi connectivity index (χ0v) is 14.8. The summed E-state index contributed by atoms with van der Waals surface area (Å²) in [6, 6.07) is 15.1. The van der Waals surface area contributed by atoms with Gasteiger partial charge in [-0.05, 0) is 29.8 Å². The van der Waals surface area contributed by atoms with Gasteiger partial charge in [-0.25, -0.2) is 4.39 Å². The van der Waals surface area contributed by atoms with E-state index in [4.69, 9.17) is 9.47 Å². The van der Waals surface area contributed by atoms with Gasteiger partial charge in [-0.1, -0.05) is 30.3 Å². The number of rotatable bonds is 6. The summed E-state index contributed by atoms with van der Waals surface area (Å²) in [4.78, 5) is 25.9. The number of ether oxygens (including phenoxy) is 2. The standard InChI is InChI=1S/C20H21FN2O4/c21-16-6-8-17(9-7-16)27-14-19(24)22-12-20(25)23-10-11-26-18(13-23)15-4-2-1-3-5-15/h1-9,18H,10-14H2,(H,22,24)/t18-/m0/s1. The fourth-order valence-corrected chi connectivity index (χ4v) is 2.76. The van der Waals surface area contributed by atoms with Crippen molar-refractivity contribution in [1.29, 1.82) is 0 Å². The number of hydrogen-bond acceptors (Lipinski definition) is 4. The van der Waals surface area contributed by atoms with E-state index < -0.39 is 5.91 Å². The molecule has 1 saturated heterocycles. The van der Waals surface area contributed by atoms with Crippen LogP contribution in [0.15, 0.2) is 54.6 Å². The number of halogens is 1. The van der Waals surface area contributed by atoms with Crippen molar-refractivity contribution in [2.75, 3.05) is 32.8 Å². The summed E-state index contributed by atoms with van der Waals surface area (Å²) in [5.41, 5.74) is 1.02. The van der Waals surface area contributed by atoms with Crippen molar-refractivity contribution in [1.82, 2.24) is 10.2 Å². The van der Waals surface area contributed by atoms with Crippen LogP contribution in [0.4, 0.5) is 4.39 Å². The maximum Gasteiger partial charge on any atom is 0.258 e. The van der Waals surface area contributed by atoms with Crippen molar-refractivity contribution in [2.45, 2.75) is 6.10 Å². The van der Waals surface area contributed by atoms with Crippen molar-refractivity contribution in [3.8, 4) is 5.75 Å². The van der Waals surface area contributed by atoms with E-state index in [0.29, 0.717) is 25.4 Å². The van der Waals surface area contributed by atoms with Crippen LogP contribution in [0.5, 0.6) is 5.75 Å². The lowest BCUT2D eigenvalue weighted by molar-refractivity contribution is -0.139. The summed E-state index contributed by atoms with van der Waals surface area (Å²) in [7, 11) is 0. The lowest BCUT2D eigenvalue weighted by atomic mass is 10.1. The van der Waals surface area contributed by atoms with E-state index in [0.717, 1.165) is 5.56 Å². The molecule has 2 aromatic rings. The molecule has 0 aromatic heterocycles. The molecule has 0 bridgehead atoms. The number of morpholine rings is 1. The Kier molecular flexibility index (Phi) is 6.38. The SMILES string of the molecule is O=C(COc1ccc(F)cc1)NCC(=O)N1CCO[C@H](c2ccccc2)C1. The molecule has 0 aliphatic carbocycles. The predicted octanol–water partition coefficient (Wildman–Crippen LogP) is 1.92. The minimum atomic E-state index is -0.416. The van der Waals surface area contributed by atoms with Gasteiger partial charge in [0.1, 0.15) is 17.7 Å². The van der Waals surface area contributed by atoms with Crippen LogP contribution < -0.4 is 10.1 Å². The molecule has 6 nitrogen and oxygen atoms in total. The van der Waals surface area contributed by atoms with E-state index in [2.05, 4.69) is 5.32 Å². The van der Waals surface area contributed by atoms with Crippen LogP contribution >= 0.6 is 0 Å². The third-order valence-electron chi connectivity index (χ3n) is 4.21. The zero-order chi connectivity index (χ0) is 19.1. The third-order valence-corrected chi connectivity index (χ3v) is 4.21. The average Bonchev–Trinajstić information content (AvgIpc) is 2.72. The Morgan fingerprint density at radius 2 is 1.89 bits per heavy atom. The Labute approximate surface area is 156 Å². The van der Waals surface area contributed by atoms with Gasteiger partial charge in [0.05, 0.1) is 19.7 Å². The van der Waals surface area contributed by atoms with E-state index in [9.17, 15) is 14.0 Å². The smallest absolute Gasteiger partial charge is 0.258 e. The molecule has 0 radical (unpaired) electrons. The van der Waals surface area contributed by atoms with Crippen molar-refractivity contribution in [2.24, 2.45) is 0 Å². The monoisotopic (exact) mass is 372 g/mol. The number of nitrogens with zero attached hydrogens (tertiary/aromatic N) is 1. The quantitative estimate of drug-likeness (QED) is 0.841. The van der Waals surface area contributed by atoms with Crippen LogP contribution in [-0.2, 0) is 14.3 Å². The molecule has 7 heteroatoms. The van der Waals surface area contributed by atoms with Crippen molar-refractivity contribution in [3.63, 3.8) is 0 Å². The molecule has 1 aliphatic rings. The fourth-order valence-electron chi connectivity index (χ4n) is 2.76. The Morgan fingerprint density at radius 3 is 2.63 bits per heavy atom. The van der Waals surface area contributed by atoms with Crippen molar-refractivity contribution >= 4 is 11.8 Å². The summed E-state index contributed by atoms with van der Waals surface area (Å²) < 4.78 is 23.8. The van der Waals surface area contributed by atoms with E-state index in [1.807, 2.05) is 30.3 Å². The normalized spacial score (nSPS) is 16.6. The summed E-state index contributed by atoms with van der Waals surface area (Å²) in [6.45, 7) is 1.05. The van der Waals surface area contributed by atoms with E-state index in [1.54, 1.807) is 4.90 Å². The van der Waals surface area contributed by atoms with Crippen LogP contribution in [-0.4, -0.2) is 49.6 Å². The number of hydrogen-bond donors (Lipinski definition) is 1. The van der Waals surface area contributed by atoms with E-state index >= 15 is 0 Å². The molecule has 0 unspecified atom stereocenters. The molecule has 1 atom stereocenters. The Morgan fingerprint density at radius 1 is 1.15 bits per heavy atom. The Bertz CT molecular complexity index is 767. The minimum absolute atomic E-state index is 0.104. The largest absolute Gasteiger partial charge is 0.484 e. The molecule has 1 fully saturated rings. The highest BCUT2D eigenvalue weighted by Crippen LogP contribution is 2.21. The summed E-state index contributed by atoms with van der Waals surface area (Å²) in [6.07, 6.45) is -0.165. The second-order valence-electron chi connectivity index (χ2n) is 6.13. The second kappa shape index (κ2) is 9.14. The fraction of sp³-hybridized carbons (Fsp3) is 0.300. The molecule has 3 rings (SSSR count). The molecular weight excluding hydrogens is 351 g/mol. The van der Waals surface area contributed by atoms with Gasteiger partial charge in [-0.2, -0.15) is 0 Å². The van der Waals surface area contributed by atoms with Gasteiger partial charge in [-0.15, -0.1) is 0 Å². The first-order valence-corrected chi connectivity index (χ1v) is 8.71. The maximum atomic E-state index is 12.8. The summed E-state index contributed by atoms with van der Waals surface area (Å²) in [5, 5.41) is 2.55. The van der Waals surface area contributed by atoms with Gasteiger partial charge in [0, 0.05) is 6.54 Å². The van der Waals surface area contributed by atoms with Crippen molar-refractivity contribution < 1.29 is 23.5 Å². The van der Waals surface area contributed by atoms with Gasteiger partial charge in [0.2, 0.25) is 5.91 Å². The Hall–Kier alpha value is -2.93. The molecule has 27 heavy (non-hydrogen) atoms. The first kappa shape index (κ1) is 18.8. The highest BCUT2D eigenvalue weighted by atomic mass is 19.1. The van der Waals surface area contributed by atoms with E-state index in [-0.39, 0.29) is 31.0 Å². The topological polar surface area (TPSA) is 67.9 Å². The summed E-state index contributed by atoms with van der Waals surface area (Å²) >= 11 is 0. The maximum absolute atomic E-state index is 12.8. The number of amides is 2. The molecule has 0 spiro atoms. The van der Waals surface area contributed by atoms with Crippen LogP contribution in [0.3, 0.4) is 0 Å². The molecule has 1 aliphatic heterocycles. The predicted molar refractivity (Wildman–Crippen MR) is 96.6 cm³/mol. The zero-order valence-electron chi connectivity index (χ0n) is 14.8. The number of carbonyl (C=O) groups is 2. The second-order valence-corrected chi connectivity index (χ2v) is 6.13. The van der Waals surface area contributed by atoms with Crippen LogP contribution in [0.25, 0.3) is 0 Å². The highest BCUT2D eigenvalue weighted by Gasteiger charge is 2.25. The summed E-state index contributed by atoms with van der Waals surface area (Å²) in [5.74, 6) is -0.580. The van der Waals surface area contributed by atoms with Gasteiger partial charge in [0.15, 0.2) is 6.61 Å². The Balaban J connectivity index is 1.43. The van der Waals surface area contributed by atoms with Gasteiger partial charge in [0.25, 0.3) is 5.91 Å². The molecule has 142 valence electrons. The molecule has 2 aromatic carbocycles. The highest BCUT2D eigenvalue weighted by molar-refractivity contribution is 5.85. The first-order valence-electron chi connectivity index (χ1n) is 8.71. The third kappa shape index (κ3) is 5.52. The molecule has 2 amide bonds. The van der Waals surface area contributed by atoms with Gasteiger partial charge in [-0.3, -0.25) is 9.59 Å². The molecule has 1 N–H and O–H groups in total. The molecule has 1 heterocycles.